The van der Waals surface area contributed by atoms with E-state index in [0.29, 0.717) is 5.02 Å². The topological polar surface area (TPSA) is 86.8 Å². The number of nitrogens with one attached hydrogen (secondary N) is 1. The highest BCUT2D eigenvalue weighted by Gasteiger charge is 2.33. The molecule has 0 bridgehead atoms. The molecule has 0 spiro atoms. The first-order valence-corrected chi connectivity index (χ1v) is 14.8. The molecule has 0 saturated heterocycles. The number of amides is 2. The Morgan fingerprint density at radius 1 is 0.923 bits per heavy atom. The summed E-state index contributed by atoms with van der Waals surface area (Å²) in [5.41, 5.74) is 1.79. The van der Waals surface area contributed by atoms with Gasteiger partial charge in [-0.15, -0.1) is 0 Å². The van der Waals surface area contributed by atoms with E-state index in [0.717, 1.165) is 21.9 Å². The second-order valence-corrected chi connectivity index (χ2v) is 12.1. The number of aryl methyl sites for hydroxylation is 1. The Morgan fingerprint density at radius 2 is 1.54 bits per heavy atom. The number of nitrogens with zero attached hydrogens (tertiary/aromatic N) is 2. The minimum atomic E-state index is -4.19. The van der Waals surface area contributed by atoms with Crippen molar-refractivity contribution in [3.8, 4) is 0 Å². The van der Waals surface area contributed by atoms with Gasteiger partial charge < -0.3 is 10.2 Å². The fourth-order valence-electron chi connectivity index (χ4n) is 3.84. The summed E-state index contributed by atoms with van der Waals surface area (Å²) < 4.78 is 28.7. The van der Waals surface area contributed by atoms with Crippen LogP contribution < -0.4 is 9.62 Å². The molecule has 0 saturated carbocycles. The molecule has 7 nitrogen and oxygen atoms in total. The van der Waals surface area contributed by atoms with Gasteiger partial charge in [-0.3, -0.25) is 13.9 Å². The van der Waals surface area contributed by atoms with E-state index >= 15 is 0 Å². The number of anilines is 1. The first-order valence-electron chi connectivity index (χ1n) is 12.6. The third-order valence-corrected chi connectivity index (χ3v) is 8.79. The fraction of sp³-hybridized carbons (Fsp3) is 0.310. The fourth-order valence-corrected chi connectivity index (χ4v) is 5.69. The van der Waals surface area contributed by atoms with Crippen molar-refractivity contribution in [2.24, 2.45) is 0 Å². The van der Waals surface area contributed by atoms with E-state index in [1.165, 1.54) is 17.0 Å². The third-order valence-electron chi connectivity index (χ3n) is 6.44. The molecule has 0 aromatic heterocycles. The molecule has 2 amide bonds. The predicted octanol–water partition coefficient (Wildman–Crippen LogP) is 5.83. The SMILES string of the molecule is CC[C@H](C)NC(=O)[C@@H](C)N(Cc1ccc(Cl)cc1)C(=O)CN(c1ccccc1Cl)S(=O)(=O)c1ccc(C)cc1. The molecule has 0 heterocycles. The lowest BCUT2D eigenvalue weighted by molar-refractivity contribution is -0.139. The number of hydrogen-bond acceptors (Lipinski definition) is 4. The number of rotatable bonds is 11. The Balaban J connectivity index is 2.03. The molecule has 0 aliphatic carbocycles. The summed E-state index contributed by atoms with van der Waals surface area (Å²) in [4.78, 5) is 28.4. The van der Waals surface area contributed by atoms with Crippen LogP contribution in [0.3, 0.4) is 0 Å². The Hall–Kier alpha value is -3.07. The van der Waals surface area contributed by atoms with Crippen LogP contribution in [0.25, 0.3) is 0 Å². The lowest BCUT2D eigenvalue weighted by atomic mass is 10.1. The molecule has 0 fully saturated rings. The van der Waals surface area contributed by atoms with E-state index in [1.807, 2.05) is 20.8 Å². The molecule has 39 heavy (non-hydrogen) atoms. The molecule has 0 aliphatic rings. The van der Waals surface area contributed by atoms with Crippen LogP contribution in [-0.4, -0.2) is 43.8 Å². The van der Waals surface area contributed by atoms with E-state index in [2.05, 4.69) is 5.32 Å². The van der Waals surface area contributed by atoms with E-state index < -0.39 is 28.5 Å². The summed E-state index contributed by atoms with van der Waals surface area (Å²) in [7, 11) is -4.19. The molecule has 0 aliphatic heterocycles. The van der Waals surface area contributed by atoms with Crippen molar-refractivity contribution in [1.29, 1.82) is 0 Å². The average molecular weight is 591 g/mol. The monoisotopic (exact) mass is 589 g/mol. The van der Waals surface area contributed by atoms with Crippen LogP contribution in [0, 0.1) is 6.92 Å². The summed E-state index contributed by atoms with van der Waals surface area (Å²) in [6.07, 6.45) is 0.721. The van der Waals surface area contributed by atoms with Gasteiger partial charge in [-0.25, -0.2) is 8.42 Å². The van der Waals surface area contributed by atoms with E-state index in [1.54, 1.807) is 67.6 Å². The van der Waals surface area contributed by atoms with Gasteiger partial charge in [-0.1, -0.05) is 72.1 Å². The van der Waals surface area contributed by atoms with Crippen LogP contribution in [0.5, 0.6) is 0 Å². The van der Waals surface area contributed by atoms with Crippen molar-refractivity contribution in [3.63, 3.8) is 0 Å². The molecule has 3 rings (SSSR count). The number of carbonyl (C=O) groups is 2. The lowest BCUT2D eigenvalue weighted by Gasteiger charge is -2.32. The van der Waals surface area contributed by atoms with Crippen molar-refractivity contribution in [3.05, 3.63) is 94.0 Å². The van der Waals surface area contributed by atoms with Gasteiger partial charge in [0.25, 0.3) is 10.0 Å². The van der Waals surface area contributed by atoms with Crippen molar-refractivity contribution in [2.45, 2.75) is 57.6 Å². The lowest BCUT2D eigenvalue weighted by Crippen LogP contribution is -2.52. The summed E-state index contributed by atoms with van der Waals surface area (Å²) in [5.74, 6) is -0.898. The van der Waals surface area contributed by atoms with Crippen molar-refractivity contribution in [1.82, 2.24) is 10.2 Å². The van der Waals surface area contributed by atoms with Crippen LogP contribution in [0.15, 0.2) is 77.7 Å². The van der Waals surface area contributed by atoms with Crippen molar-refractivity contribution in [2.75, 3.05) is 10.8 Å². The van der Waals surface area contributed by atoms with Gasteiger partial charge in [-0.05, 0) is 69.2 Å². The van der Waals surface area contributed by atoms with Gasteiger partial charge in [-0.2, -0.15) is 0 Å². The largest absolute Gasteiger partial charge is 0.352 e. The zero-order chi connectivity index (χ0) is 28.7. The highest BCUT2D eigenvalue weighted by atomic mass is 35.5. The molecule has 3 aromatic rings. The number of para-hydroxylation sites is 1. The zero-order valence-electron chi connectivity index (χ0n) is 22.4. The van der Waals surface area contributed by atoms with Crippen LogP contribution in [0.1, 0.15) is 38.3 Å². The summed E-state index contributed by atoms with van der Waals surface area (Å²) >= 11 is 12.5. The molecule has 10 heteroatoms. The van der Waals surface area contributed by atoms with Gasteiger partial charge in [0.05, 0.1) is 15.6 Å². The van der Waals surface area contributed by atoms with Crippen LogP contribution >= 0.6 is 23.2 Å². The van der Waals surface area contributed by atoms with Gasteiger partial charge in [0.2, 0.25) is 11.8 Å². The minimum absolute atomic E-state index is 0.0210. The second-order valence-electron chi connectivity index (χ2n) is 9.42. The first-order chi connectivity index (χ1) is 18.4. The molecule has 3 aromatic carbocycles. The predicted molar refractivity (Wildman–Crippen MR) is 157 cm³/mol. The van der Waals surface area contributed by atoms with E-state index in [-0.39, 0.29) is 34.1 Å². The number of halogens is 2. The number of benzene rings is 3. The van der Waals surface area contributed by atoms with Crippen LogP contribution in [0.2, 0.25) is 10.0 Å². The van der Waals surface area contributed by atoms with Gasteiger partial charge in [0, 0.05) is 17.6 Å². The maximum atomic E-state index is 13.9. The maximum absolute atomic E-state index is 13.9. The Kier molecular flexibility index (Phi) is 10.4. The Bertz CT molecular complexity index is 1400. The van der Waals surface area contributed by atoms with Crippen LogP contribution in [0.4, 0.5) is 5.69 Å². The quantitative estimate of drug-likeness (QED) is 0.305. The zero-order valence-corrected chi connectivity index (χ0v) is 24.7. The summed E-state index contributed by atoms with van der Waals surface area (Å²) in [6, 6.07) is 18.7. The van der Waals surface area contributed by atoms with Crippen LogP contribution in [-0.2, 0) is 26.2 Å². The standard InChI is InChI=1S/C29H33Cl2N3O4S/c1-5-21(3)32-29(36)22(4)33(18-23-12-14-24(30)15-13-23)28(35)19-34(27-9-7-6-8-26(27)31)39(37,38)25-16-10-20(2)11-17-25/h6-17,21-22H,5,18-19H2,1-4H3,(H,32,36)/t21-,22+/m0/s1. The summed E-state index contributed by atoms with van der Waals surface area (Å²) in [5, 5.41) is 3.62. The maximum Gasteiger partial charge on any atom is 0.264 e. The number of carbonyl (C=O) groups excluding carboxylic acids is 2. The second kappa shape index (κ2) is 13.3. The number of hydrogen-bond donors (Lipinski definition) is 1. The normalized spacial score (nSPS) is 12.9. The highest BCUT2D eigenvalue weighted by Crippen LogP contribution is 2.31. The highest BCUT2D eigenvalue weighted by molar-refractivity contribution is 7.92. The molecule has 208 valence electrons. The van der Waals surface area contributed by atoms with E-state index in [4.69, 9.17) is 23.2 Å². The van der Waals surface area contributed by atoms with Crippen molar-refractivity contribution < 1.29 is 18.0 Å². The van der Waals surface area contributed by atoms with Gasteiger partial charge >= 0.3 is 0 Å². The first kappa shape index (κ1) is 30.5. The molecule has 2 atom stereocenters. The van der Waals surface area contributed by atoms with E-state index in [9.17, 15) is 18.0 Å². The smallest absolute Gasteiger partial charge is 0.264 e. The Morgan fingerprint density at radius 3 is 2.13 bits per heavy atom. The third kappa shape index (κ3) is 7.75. The number of sulfonamides is 1. The molecule has 1 N–H and O–H groups in total. The van der Waals surface area contributed by atoms with Crippen molar-refractivity contribution >= 4 is 50.7 Å². The Labute approximate surface area is 240 Å². The van der Waals surface area contributed by atoms with Gasteiger partial charge in [0.15, 0.2) is 0 Å². The average Bonchev–Trinajstić information content (AvgIpc) is 2.91. The minimum Gasteiger partial charge on any atom is -0.352 e. The summed E-state index contributed by atoms with van der Waals surface area (Å²) in [6.45, 7) is 6.82. The molecular formula is C29H33Cl2N3O4S. The van der Waals surface area contributed by atoms with Gasteiger partial charge in [0.1, 0.15) is 12.6 Å². The molecule has 0 unspecified atom stereocenters. The molecule has 0 radical (unpaired) electrons. The molecular weight excluding hydrogens is 557 g/mol.